The van der Waals surface area contributed by atoms with Crippen molar-refractivity contribution in [2.75, 3.05) is 0 Å². The van der Waals surface area contributed by atoms with Crippen LogP contribution in [0.25, 0.3) is 0 Å². The molecule has 1 fully saturated rings. The monoisotopic (exact) mass is 458 g/mol. The molecule has 0 nitrogen and oxygen atoms in total. The molecule has 0 radical (unpaired) electrons. The van der Waals surface area contributed by atoms with Crippen molar-refractivity contribution < 1.29 is 0 Å². The third-order valence-electron chi connectivity index (χ3n) is 7.95. The van der Waals surface area contributed by atoms with E-state index in [0.717, 1.165) is 24.7 Å². The van der Waals surface area contributed by atoms with Crippen molar-refractivity contribution in [3.05, 3.63) is 82.4 Å². The van der Waals surface area contributed by atoms with Crippen LogP contribution in [0.4, 0.5) is 0 Å². The van der Waals surface area contributed by atoms with Crippen molar-refractivity contribution in [3.8, 4) is 0 Å². The molecule has 2 unspecified atom stereocenters. The first-order valence-corrected chi connectivity index (χ1v) is 13.9. The normalized spacial score (nSPS) is 17.1. The molecule has 0 heterocycles. The van der Waals surface area contributed by atoms with Gasteiger partial charge in [-0.1, -0.05) is 109 Å². The van der Waals surface area contributed by atoms with E-state index >= 15 is 0 Å². The molecule has 0 spiro atoms. The molecule has 1 saturated carbocycles. The Morgan fingerprint density at radius 2 is 1.59 bits per heavy atom. The summed E-state index contributed by atoms with van der Waals surface area (Å²) in [4.78, 5) is 0. The topological polar surface area (TPSA) is 0 Å². The van der Waals surface area contributed by atoms with Crippen LogP contribution in [0.1, 0.15) is 133 Å². The Kier molecular flexibility index (Phi) is 9.25. The van der Waals surface area contributed by atoms with Gasteiger partial charge in [-0.3, -0.25) is 0 Å². The van der Waals surface area contributed by atoms with Crippen LogP contribution in [-0.4, -0.2) is 0 Å². The second-order valence-electron chi connectivity index (χ2n) is 12.8. The standard InChI is InChI=1S/C34H50/c1-24(2)20-26(5)29-16-19-32(33(21-25(3)4)28-12-10-9-11-13-28)30(23-29)22-27-14-17-31(18-15-27)34(6,7)8/h14-19,23,25-26,28,33H,1,9-13,20-22H2,2-8H3. The summed E-state index contributed by atoms with van der Waals surface area (Å²) in [6.07, 6.45) is 10.5. The Morgan fingerprint density at radius 3 is 2.15 bits per heavy atom. The average molecular weight is 459 g/mol. The van der Waals surface area contributed by atoms with E-state index in [9.17, 15) is 0 Å². The lowest BCUT2D eigenvalue weighted by atomic mass is 9.71. The van der Waals surface area contributed by atoms with Gasteiger partial charge in [0.25, 0.3) is 0 Å². The van der Waals surface area contributed by atoms with Crippen molar-refractivity contribution in [1.29, 1.82) is 0 Å². The molecule has 1 aliphatic rings. The molecular weight excluding hydrogens is 408 g/mol. The number of rotatable bonds is 9. The van der Waals surface area contributed by atoms with Crippen LogP contribution in [-0.2, 0) is 11.8 Å². The van der Waals surface area contributed by atoms with Gasteiger partial charge < -0.3 is 0 Å². The summed E-state index contributed by atoms with van der Waals surface area (Å²) in [5.74, 6) is 2.78. The second kappa shape index (κ2) is 11.7. The van der Waals surface area contributed by atoms with Crippen molar-refractivity contribution in [2.45, 2.75) is 117 Å². The predicted molar refractivity (Wildman–Crippen MR) is 151 cm³/mol. The molecule has 0 amide bonds. The van der Waals surface area contributed by atoms with Gasteiger partial charge in [0.2, 0.25) is 0 Å². The molecule has 2 atom stereocenters. The van der Waals surface area contributed by atoms with Gasteiger partial charge in [-0.25, -0.2) is 0 Å². The SMILES string of the molecule is C=C(C)CC(C)c1ccc(C(CC(C)C)C2CCCCC2)c(Cc2ccc(C(C)(C)C)cc2)c1. The maximum atomic E-state index is 4.18. The van der Waals surface area contributed by atoms with E-state index in [2.05, 4.69) is 97.5 Å². The van der Waals surface area contributed by atoms with Crippen molar-refractivity contribution >= 4 is 0 Å². The summed E-state index contributed by atoms with van der Waals surface area (Å²) in [6, 6.07) is 16.9. The van der Waals surface area contributed by atoms with Crippen LogP contribution in [0.3, 0.4) is 0 Å². The maximum Gasteiger partial charge on any atom is -0.00228 e. The van der Waals surface area contributed by atoms with E-state index in [1.165, 1.54) is 60.8 Å². The molecule has 3 rings (SSSR count). The smallest absolute Gasteiger partial charge is 0.00228 e. The Morgan fingerprint density at radius 1 is 0.941 bits per heavy atom. The van der Waals surface area contributed by atoms with Crippen LogP contribution in [0.2, 0.25) is 0 Å². The van der Waals surface area contributed by atoms with Crippen LogP contribution in [0.15, 0.2) is 54.6 Å². The summed E-state index contributed by atoms with van der Waals surface area (Å²) in [7, 11) is 0. The fourth-order valence-electron chi connectivity index (χ4n) is 6.05. The van der Waals surface area contributed by atoms with Crippen molar-refractivity contribution in [1.82, 2.24) is 0 Å². The van der Waals surface area contributed by atoms with E-state index in [0.29, 0.717) is 11.8 Å². The number of hydrogen-bond acceptors (Lipinski definition) is 0. The number of benzene rings is 2. The number of hydrogen-bond donors (Lipinski definition) is 0. The third kappa shape index (κ3) is 7.34. The minimum atomic E-state index is 0.199. The third-order valence-corrected chi connectivity index (χ3v) is 7.95. The van der Waals surface area contributed by atoms with Crippen LogP contribution in [0, 0.1) is 11.8 Å². The van der Waals surface area contributed by atoms with Crippen LogP contribution in [0.5, 0.6) is 0 Å². The lowest BCUT2D eigenvalue weighted by Crippen LogP contribution is -2.20. The first kappa shape index (κ1) is 26.8. The first-order chi connectivity index (χ1) is 16.0. The molecule has 0 N–H and O–H groups in total. The van der Waals surface area contributed by atoms with Gasteiger partial charge >= 0.3 is 0 Å². The highest BCUT2D eigenvalue weighted by Crippen LogP contribution is 2.42. The van der Waals surface area contributed by atoms with Gasteiger partial charge in [0, 0.05) is 0 Å². The van der Waals surface area contributed by atoms with Gasteiger partial charge in [0.05, 0.1) is 0 Å². The molecule has 0 heteroatoms. The highest BCUT2D eigenvalue weighted by Gasteiger charge is 2.28. The maximum absolute atomic E-state index is 4.18. The lowest BCUT2D eigenvalue weighted by Gasteiger charge is -2.33. The minimum Gasteiger partial charge on any atom is -0.100 e. The highest BCUT2D eigenvalue weighted by atomic mass is 14.3. The lowest BCUT2D eigenvalue weighted by molar-refractivity contribution is 0.276. The van der Waals surface area contributed by atoms with E-state index in [-0.39, 0.29) is 5.41 Å². The molecule has 0 saturated heterocycles. The Labute approximate surface area is 211 Å². The predicted octanol–water partition coefficient (Wildman–Crippen LogP) is 10.4. The zero-order valence-corrected chi connectivity index (χ0v) is 23.2. The van der Waals surface area contributed by atoms with Crippen LogP contribution < -0.4 is 0 Å². The Bertz CT molecular complexity index is 916. The second-order valence-corrected chi connectivity index (χ2v) is 12.8. The van der Waals surface area contributed by atoms with Gasteiger partial charge in [-0.05, 0) is 95.9 Å². The molecule has 34 heavy (non-hydrogen) atoms. The largest absolute Gasteiger partial charge is 0.100 e. The zero-order valence-electron chi connectivity index (χ0n) is 23.2. The summed E-state index contributed by atoms with van der Waals surface area (Å²) in [5.41, 5.74) is 8.99. The van der Waals surface area contributed by atoms with Gasteiger partial charge in [-0.15, -0.1) is 6.58 Å². The van der Waals surface area contributed by atoms with E-state index < -0.39 is 0 Å². The summed E-state index contributed by atoms with van der Waals surface area (Å²) >= 11 is 0. The summed E-state index contributed by atoms with van der Waals surface area (Å²) < 4.78 is 0. The molecule has 1 aliphatic carbocycles. The van der Waals surface area contributed by atoms with Gasteiger partial charge in [0.1, 0.15) is 0 Å². The van der Waals surface area contributed by atoms with Gasteiger partial charge in [0.15, 0.2) is 0 Å². The van der Waals surface area contributed by atoms with Crippen molar-refractivity contribution in [2.24, 2.45) is 11.8 Å². The zero-order chi connectivity index (χ0) is 24.9. The van der Waals surface area contributed by atoms with Crippen LogP contribution >= 0.6 is 0 Å². The fraction of sp³-hybridized carbons (Fsp3) is 0.588. The first-order valence-electron chi connectivity index (χ1n) is 13.9. The van der Waals surface area contributed by atoms with E-state index in [1.54, 1.807) is 11.1 Å². The quantitative estimate of drug-likeness (QED) is 0.328. The molecule has 186 valence electrons. The Hall–Kier alpha value is -1.82. The summed E-state index contributed by atoms with van der Waals surface area (Å²) in [6.45, 7) is 20.4. The molecular formula is C34H50. The average Bonchev–Trinajstić information content (AvgIpc) is 2.77. The molecule has 2 aromatic carbocycles. The Balaban J connectivity index is 2.00. The summed E-state index contributed by atoms with van der Waals surface area (Å²) in [5, 5.41) is 0. The van der Waals surface area contributed by atoms with E-state index in [1.807, 2.05) is 0 Å². The highest BCUT2D eigenvalue weighted by molar-refractivity contribution is 5.41. The minimum absolute atomic E-state index is 0.199. The molecule has 0 aromatic heterocycles. The number of allylic oxidation sites excluding steroid dienone is 1. The fourth-order valence-corrected chi connectivity index (χ4v) is 6.05. The van der Waals surface area contributed by atoms with Crippen molar-refractivity contribution in [3.63, 3.8) is 0 Å². The molecule has 0 bridgehead atoms. The molecule has 0 aliphatic heterocycles. The van der Waals surface area contributed by atoms with E-state index in [4.69, 9.17) is 0 Å². The molecule has 2 aromatic rings. The van der Waals surface area contributed by atoms with Gasteiger partial charge in [-0.2, -0.15) is 0 Å².